The number of hydrazone groups is 1. The summed E-state index contributed by atoms with van der Waals surface area (Å²) in [6, 6.07) is 7.76. The molecule has 5 nitrogen and oxygen atoms in total. The zero-order valence-corrected chi connectivity index (χ0v) is 16.6. The number of alkyl halides is 1. The predicted molar refractivity (Wildman–Crippen MR) is 110 cm³/mol. The number of halogens is 1. The number of hydrazine groups is 2. The number of Topliss-reactive ketones (excluding diaryl/α,β-unsaturated/α-hetero) is 1. The summed E-state index contributed by atoms with van der Waals surface area (Å²) in [7, 11) is 1.84. The summed E-state index contributed by atoms with van der Waals surface area (Å²) in [6.07, 6.45) is 5.01. The lowest BCUT2D eigenvalue weighted by Crippen LogP contribution is -2.36. The molecule has 1 aliphatic carbocycles. The average molecular weight is 405 g/mol. The van der Waals surface area contributed by atoms with E-state index in [1.54, 1.807) is 16.8 Å². The summed E-state index contributed by atoms with van der Waals surface area (Å²) >= 11 is 9.27. The van der Waals surface area contributed by atoms with Crippen LogP contribution in [0.15, 0.2) is 56.9 Å². The molecule has 26 heavy (non-hydrogen) atoms. The molecule has 4 rings (SSSR count). The number of benzene rings is 1. The highest BCUT2D eigenvalue weighted by Crippen LogP contribution is 2.44. The van der Waals surface area contributed by atoms with Crippen LogP contribution >= 0.6 is 35.1 Å². The van der Waals surface area contributed by atoms with Crippen molar-refractivity contribution in [3.8, 4) is 0 Å². The van der Waals surface area contributed by atoms with E-state index in [1.807, 2.05) is 37.4 Å². The van der Waals surface area contributed by atoms with Crippen LogP contribution in [0.3, 0.4) is 0 Å². The van der Waals surface area contributed by atoms with Crippen LogP contribution in [0.1, 0.15) is 29.3 Å². The standard InChI is InChI=1S/C18H17ClN4OS2/c1-10(14-7-8-16(19)25-14)13-9-15(26-18-20-21-22-23(18)2)17(24)12-6-4-3-5-11(12)13/h3-7,9,16,21-22H,8H2,1-2H3. The predicted octanol–water partition coefficient (Wildman–Crippen LogP) is 4.08. The van der Waals surface area contributed by atoms with Crippen LogP contribution in [0, 0.1) is 0 Å². The van der Waals surface area contributed by atoms with E-state index >= 15 is 0 Å². The number of rotatable bonds is 2. The molecule has 2 heterocycles. The Kier molecular flexibility index (Phi) is 4.88. The Bertz CT molecular complexity index is 906. The Morgan fingerprint density at radius 3 is 2.81 bits per heavy atom. The minimum absolute atomic E-state index is 0.0217. The molecular formula is C18H17ClN4OS2. The largest absolute Gasteiger partial charge is 0.288 e. The normalized spacial score (nSPS) is 24.0. The van der Waals surface area contributed by atoms with E-state index in [1.165, 1.54) is 16.7 Å². The van der Waals surface area contributed by atoms with Crippen molar-refractivity contribution in [1.82, 2.24) is 16.1 Å². The van der Waals surface area contributed by atoms with E-state index in [-0.39, 0.29) is 10.5 Å². The molecule has 0 amide bonds. The van der Waals surface area contributed by atoms with E-state index in [2.05, 4.69) is 29.2 Å². The van der Waals surface area contributed by atoms with Crippen LogP contribution in [0.4, 0.5) is 0 Å². The van der Waals surface area contributed by atoms with Crippen molar-refractivity contribution in [1.29, 1.82) is 0 Å². The Morgan fingerprint density at radius 1 is 1.38 bits per heavy atom. The second-order valence-electron chi connectivity index (χ2n) is 6.03. The second kappa shape index (κ2) is 7.15. The van der Waals surface area contributed by atoms with Gasteiger partial charge in [0, 0.05) is 17.5 Å². The topological polar surface area (TPSA) is 56.7 Å². The molecule has 0 saturated carbocycles. The maximum atomic E-state index is 13.0. The van der Waals surface area contributed by atoms with Gasteiger partial charge in [-0.05, 0) is 47.9 Å². The van der Waals surface area contributed by atoms with Crippen molar-refractivity contribution in [3.63, 3.8) is 0 Å². The van der Waals surface area contributed by atoms with Gasteiger partial charge in [0.15, 0.2) is 5.78 Å². The third-order valence-electron chi connectivity index (χ3n) is 4.34. The molecule has 0 radical (unpaired) electrons. The van der Waals surface area contributed by atoms with Gasteiger partial charge in [0.05, 0.1) is 9.61 Å². The molecule has 3 aliphatic rings. The second-order valence-corrected chi connectivity index (χ2v) is 9.07. The number of carbonyl (C=O) groups excluding carboxylic acids is 1. The summed E-state index contributed by atoms with van der Waals surface area (Å²) in [5.74, 6) is 0.0217. The monoisotopic (exact) mass is 404 g/mol. The van der Waals surface area contributed by atoms with Crippen molar-refractivity contribution in [3.05, 3.63) is 62.9 Å². The Morgan fingerprint density at radius 2 is 2.15 bits per heavy atom. The van der Waals surface area contributed by atoms with E-state index in [0.29, 0.717) is 10.1 Å². The molecule has 0 fully saturated rings. The van der Waals surface area contributed by atoms with Gasteiger partial charge in [0.1, 0.15) is 0 Å². The highest BCUT2D eigenvalue weighted by molar-refractivity contribution is 8.17. The van der Waals surface area contributed by atoms with Crippen LogP contribution in [0.25, 0.3) is 5.57 Å². The van der Waals surface area contributed by atoms with E-state index in [0.717, 1.165) is 28.7 Å². The quantitative estimate of drug-likeness (QED) is 0.724. The van der Waals surface area contributed by atoms with Gasteiger partial charge in [0.2, 0.25) is 5.17 Å². The molecule has 1 atom stereocenters. The number of fused-ring (bicyclic) bond motifs is 1. The van der Waals surface area contributed by atoms with Crippen LogP contribution < -0.4 is 11.1 Å². The number of thioether (sulfide) groups is 2. The van der Waals surface area contributed by atoms with Gasteiger partial charge >= 0.3 is 0 Å². The van der Waals surface area contributed by atoms with Gasteiger partial charge in [-0.15, -0.1) is 34.0 Å². The first kappa shape index (κ1) is 17.7. The molecule has 0 saturated heterocycles. The Balaban J connectivity index is 1.78. The number of allylic oxidation sites excluding steroid dienone is 5. The van der Waals surface area contributed by atoms with Gasteiger partial charge in [0.25, 0.3) is 0 Å². The smallest absolute Gasteiger partial charge is 0.204 e. The van der Waals surface area contributed by atoms with Crippen LogP contribution in [0.5, 0.6) is 0 Å². The summed E-state index contributed by atoms with van der Waals surface area (Å²) < 4.78 is 0.0810. The Hall–Kier alpha value is -1.67. The van der Waals surface area contributed by atoms with Gasteiger partial charge in [-0.3, -0.25) is 9.80 Å². The number of hydrogen-bond donors (Lipinski definition) is 2. The maximum absolute atomic E-state index is 13.0. The number of carbonyl (C=O) groups is 1. The molecule has 0 spiro atoms. The van der Waals surface area contributed by atoms with Gasteiger partial charge in [-0.1, -0.05) is 30.3 Å². The molecule has 2 aliphatic heterocycles. The summed E-state index contributed by atoms with van der Waals surface area (Å²) in [4.78, 5) is 14.8. The summed E-state index contributed by atoms with van der Waals surface area (Å²) in [5.41, 5.74) is 9.46. The van der Waals surface area contributed by atoms with E-state index in [4.69, 9.17) is 11.6 Å². The summed E-state index contributed by atoms with van der Waals surface area (Å²) in [6.45, 7) is 2.09. The average Bonchev–Trinajstić information content (AvgIpc) is 3.25. The first-order valence-electron chi connectivity index (χ1n) is 8.12. The van der Waals surface area contributed by atoms with Gasteiger partial charge < -0.3 is 0 Å². The number of nitrogens with one attached hydrogen (secondary N) is 2. The lowest BCUT2D eigenvalue weighted by atomic mass is 9.88. The van der Waals surface area contributed by atoms with E-state index in [9.17, 15) is 4.79 Å². The van der Waals surface area contributed by atoms with E-state index < -0.39 is 0 Å². The fraction of sp³-hybridized carbons (Fsp3) is 0.222. The maximum Gasteiger partial charge on any atom is 0.204 e. The summed E-state index contributed by atoms with van der Waals surface area (Å²) in [5, 5.41) is 6.59. The van der Waals surface area contributed by atoms with Gasteiger partial charge in [-0.2, -0.15) is 0 Å². The molecule has 1 aromatic carbocycles. The van der Waals surface area contributed by atoms with Gasteiger partial charge in [-0.25, -0.2) is 5.53 Å². The van der Waals surface area contributed by atoms with Crippen LogP contribution in [0.2, 0.25) is 0 Å². The fourth-order valence-electron chi connectivity index (χ4n) is 2.98. The SMILES string of the molecule is CC(C1=CCC(Cl)S1)=C1C=C(SC2=NNNN2C)C(=O)c2ccccc21. The number of nitrogens with zero attached hydrogens (tertiary/aromatic N) is 2. The molecule has 0 aromatic heterocycles. The third kappa shape index (κ3) is 3.20. The zero-order chi connectivity index (χ0) is 18.3. The molecule has 2 N–H and O–H groups in total. The number of hydrogen-bond acceptors (Lipinski definition) is 7. The minimum atomic E-state index is 0.0217. The third-order valence-corrected chi connectivity index (χ3v) is 7.03. The van der Waals surface area contributed by atoms with Crippen LogP contribution in [-0.4, -0.2) is 27.7 Å². The highest BCUT2D eigenvalue weighted by Gasteiger charge is 2.29. The zero-order valence-electron chi connectivity index (χ0n) is 14.2. The fourth-order valence-corrected chi connectivity index (χ4v) is 5.15. The lowest BCUT2D eigenvalue weighted by Gasteiger charge is -2.21. The van der Waals surface area contributed by atoms with Crippen molar-refractivity contribution >= 4 is 51.6 Å². The number of amidine groups is 1. The molecular weight excluding hydrogens is 388 g/mol. The molecule has 0 bridgehead atoms. The molecule has 8 heteroatoms. The number of ketones is 1. The first-order chi connectivity index (χ1) is 12.5. The minimum Gasteiger partial charge on any atom is -0.288 e. The molecule has 1 unspecified atom stereocenters. The van der Waals surface area contributed by atoms with Crippen molar-refractivity contribution in [2.24, 2.45) is 5.10 Å². The van der Waals surface area contributed by atoms with Crippen molar-refractivity contribution in [2.75, 3.05) is 7.05 Å². The molecule has 1 aromatic rings. The molecule has 134 valence electrons. The highest BCUT2D eigenvalue weighted by atomic mass is 35.5. The Labute approximate surface area is 165 Å². The van der Waals surface area contributed by atoms with Crippen molar-refractivity contribution in [2.45, 2.75) is 18.1 Å². The van der Waals surface area contributed by atoms with Crippen molar-refractivity contribution < 1.29 is 4.79 Å². The lowest BCUT2D eigenvalue weighted by molar-refractivity contribution is 0.104. The van der Waals surface area contributed by atoms with Crippen LogP contribution in [-0.2, 0) is 0 Å². The first-order valence-corrected chi connectivity index (χ1v) is 10.3.